The molecule has 2 aliphatic carbocycles. The van der Waals surface area contributed by atoms with Crippen LogP contribution in [0.25, 0.3) is 0 Å². The van der Waals surface area contributed by atoms with Crippen molar-refractivity contribution in [1.82, 2.24) is 0 Å². The van der Waals surface area contributed by atoms with Crippen molar-refractivity contribution in [3.05, 3.63) is 0 Å². The normalized spacial score (nSPS) is 24.4. The van der Waals surface area contributed by atoms with Crippen LogP contribution in [0.15, 0.2) is 0 Å². The molecule has 2 aliphatic rings. The highest BCUT2D eigenvalue weighted by Gasteiger charge is 2.13. The average Bonchev–Trinajstić information content (AvgIpc) is 2.57. The summed E-state index contributed by atoms with van der Waals surface area (Å²) in [6.45, 7) is 19.1. The molecular weight excluding hydrogens is 252 g/mol. The second kappa shape index (κ2) is 22.3. The third-order valence-electron chi connectivity index (χ3n) is 4.20. The first-order valence-electron chi connectivity index (χ1n) is 10.2. The van der Waals surface area contributed by atoms with Crippen LogP contribution >= 0.6 is 0 Å². The van der Waals surface area contributed by atoms with Gasteiger partial charge in [-0.15, -0.1) is 0 Å². The Morgan fingerprint density at radius 2 is 0.619 bits per heavy atom. The third-order valence-corrected chi connectivity index (χ3v) is 4.20. The van der Waals surface area contributed by atoms with E-state index in [0.29, 0.717) is 0 Å². The van der Waals surface area contributed by atoms with Crippen molar-refractivity contribution in [2.75, 3.05) is 0 Å². The quantitative estimate of drug-likeness (QED) is 0.420. The summed E-state index contributed by atoms with van der Waals surface area (Å²) in [4.78, 5) is 0. The Kier molecular flexibility index (Phi) is 27.5. The second-order valence-corrected chi connectivity index (χ2v) is 6.11. The van der Waals surface area contributed by atoms with Gasteiger partial charge in [0, 0.05) is 0 Å². The second-order valence-electron chi connectivity index (χ2n) is 6.11. The van der Waals surface area contributed by atoms with E-state index < -0.39 is 0 Å². The molecule has 2 saturated carbocycles. The molecule has 0 amide bonds. The third kappa shape index (κ3) is 20.0. The molecule has 0 saturated heterocycles. The van der Waals surface area contributed by atoms with Gasteiger partial charge in [0.15, 0.2) is 0 Å². The Morgan fingerprint density at radius 1 is 0.381 bits per heavy atom. The zero-order valence-corrected chi connectivity index (χ0v) is 17.1. The predicted molar refractivity (Wildman–Crippen MR) is 103 cm³/mol. The molecule has 2 fully saturated rings. The van der Waals surface area contributed by atoms with Crippen LogP contribution in [0.1, 0.15) is 120 Å². The summed E-state index contributed by atoms with van der Waals surface area (Å²) in [7, 11) is 0. The fourth-order valence-electron chi connectivity index (χ4n) is 2.73. The summed E-state index contributed by atoms with van der Waals surface area (Å²) in [5.41, 5.74) is 0. The largest absolute Gasteiger partial charge is 0.0683 e. The van der Waals surface area contributed by atoms with Crippen molar-refractivity contribution in [1.29, 1.82) is 0 Å². The molecule has 0 spiro atoms. The smallest absolute Gasteiger partial charge is 0.0443 e. The van der Waals surface area contributed by atoms with Gasteiger partial charge in [-0.3, -0.25) is 0 Å². The summed E-state index contributed by atoms with van der Waals surface area (Å²) in [6.07, 6.45) is 13.3. The molecule has 0 aliphatic heterocycles. The molecule has 0 bridgehead atoms. The van der Waals surface area contributed by atoms with E-state index in [1.165, 1.54) is 57.8 Å². The molecule has 0 heteroatoms. The molecule has 132 valence electrons. The van der Waals surface area contributed by atoms with Gasteiger partial charge in [-0.2, -0.15) is 0 Å². The molecule has 21 heavy (non-hydrogen) atoms. The van der Waals surface area contributed by atoms with Crippen LogP contribution in [0.5, 0.6) is 0 Å². The standard InChI is InChI=1S/C8H16.C7H14.3C2H6/c1-7-3-5-8(2)6-4-7;1-7-5-3-2-4-6-7;3*1-2/h7-8H,3-6H2,1-2H3;7H,2-6H2,1H3;3*1-2H3. The number of rotatable bonds is 0. The zero-order chi connectivity index (χ0) is 17.1. The maximum absolute atomic E-state index is 2.37. The van der Waals surface area contributed by atoms with Crippen molar-refractivity contribution in [3.8, 4) is 0 Å². The van der Waals surface area contributed by atoms with E-state index in [1.807, 2.05) is 41.5 Å². The SMILES string of the molecule is CC.CC.CC.CC1CCC(C)CC1.CC1CCCCC1. The monoisotopic (exact) mass is 300 g/mol. The minimum Gasteiger partial charge on any atom is -0.0683 e. The molecule has 0 aromatic carbocycles. The fourth-order valence-corrected chi connectivity index (χ4v) is 2.73. The van der Waals surface area contributed by atoms with E-state index in [4.69, 9.17) is 0 Å². The van der Waals surface area contributed by atoms with Gasteiger partial charge in [0.05, 0.1) is 0 Å². The highest BCUT2D eigenvalue weighted by atomic mass is 14.2. The lowest BCUT2D eigenvalue weighted by atomic mass is 9.84. The number of hydrogen-bond donors (Lipinski definition) is 0. The van der Waals surface area contributed by atoms with Crippen LogP contribution in [0.4, 0.5) is 0 Å². The first-order valence-corrected chi connectivity index (χ1v) is 10.2. The molecule has 0 N–H and O–H groups in total. The van der Waals surface area contributed by atoms with Gasteiger partial charge in [0.2, 0.25) is 0 Å². The van der Waals surface area contributed by atoms with Crippen LogP contribution < -0.4 is 0 Å². The first-order chi connectivity index (χ1) is 10.2. The fraction of sp³-hybridized carbons (Fsp3) is 1.00. The predicted octanol–water partition coefficient (Wildman–Crippen LogP) is 8.50. The molecule has 0 aromatic heterocycles. The molecule has 2 rings (SSSR count). The molecule has 0 radical (unpaired) electrons. The maximum Gasteiger partial charge on any atom is -0.0443 e. The molecule has 0 atom stereocenters. The lowest BCUT2D eigenvalue weighted by molar-refractivity contribution is 0.308. The van der Waals surface area contributed by atoms with Gasteiger partial charge in [0.25, 0.3) is 0 Å². The van der Waals surface area contributed by atoms with Gasteiger partial charge >= 0.3 is 0 Å². The van der Waals surface area contributed by atoms with Crippen molar-refractivity contribution < 1.29 is 0 Å². The summed E-state index contributed by atoms with van der Waals surface area (Å²) < 4.78 is 0. The molecule has 0 aromatic rings. The van der Waals surface area contributed by atoms with Crippen LogP contribution in [-0.2, 0) is 0 Å². The topological polar surface area (TPSA) is 0 Å². The van der Waals surface area contributed by atoms with Crippen molar-refractivity contribution in [2.45, 2.75) is 120 Å². The van der Waals surface area contributed by atoms with Gasteiger partial charge < -0.3 is 0 Å². The van der Waals surface area contributed by atoms with Gasteiger partial charge in [0.1, 0.15) is 0 Å². The Hall–Kier alpha value is 0. The highest BCUT2D eigenvalue weighted by Crippen LogP contribution is 2.27. The van der Waals surface area contributed by atoms with E-state index in [-0.39, 0.29) is 0 Å². The lowest BCUT2D eigenvalue weighted by Crippen LogP contribution is -2.08. The molecule has 0 unspecified atom stereocenters. The van der Waals surface area contributed by atoms with E-state index in [9.17, 15) is 0 Å². The van der Waals surface area contributed by atoms with Gasteiger partial charge in [-0.1, -0.05) is 120 Å². The Labute approximate surface area is 138 Å². The molecular formula is C21H48. The Bertz CT molecular complexity index is 126. The average molecular weight is 301 g/mol. The zero-order valence-electron chi connectivity index (χ0n) is 17.1. The lowest BCUT2D eigenvalue weighted by Gasteiger charge is -2.22. The summed E-state index contributed by atoms with van der Waals surface area (Å²) in [5, 5.41) is 0. The van der Waals surface area contributed by atoms with E-state index in [2.05, 4.69) is 20.8 Å². The van der Waals surface area contributed by atoms with Crippen LogP contribution in [0.3, 0.4) is 0 Å². The van der Waals surface area contributed by atoms with Crippen molar-refractivity contribution in [3.63, 3.8) is 0 Å². The Balaban J connectivity index is -0.000000229. The number of hydrogen-bond acceptors (Lipinski definition) is 0. The first kappa shape index (κ1) is 25.9. The van der Waals surface area contributed by atoms with Gasteiger partial charge in [-0.25, -0.2) is 0 Å². The van der Waals surface area contributed by atoms with Crippen LogP contribution in [-0.4, -0.2) is 0 Å². The van der Waals surface area contributed by atoms with E-state index in [0.717, 1.165) is 17.8 Å². The Morgan fingerprint density at radius 3 is 0.810 bits per heavy atom. The summed E-state index contributed by atoms with van der Waals surface area (Å²) in [5.74, 6) is 3.08. The van der Waals surface area contributed by atoms with Crippen molar-refractivity contribution >= 4 is 0 Å². The van der Waals surface area contributed by atoms with Crippen molar-refractivity contribution in [2.24, 2.45) is 17.8 Å². The molecule has 0 nitrogen and oxygen atoms in total. The highest BCUT2D eigenvalue weighted by molar-refractivity contribution is 4.65. The summed E-state index contributed by atoms with van der Waals surface area (Å²) in [6, 6.07) is 0. The van der Waals surface area contributed by atoms with E-state index in [1.54, 1.807) is 0 Å². The minimum atomic E-state index is 1.02. The van der Waals surface area contributed by atoms with Crippen LogP contribution in [0.2, 0.25) is 0 Å². The van der Waals surface area contributed by atoms with Crippen LogP contribution in [0, 0.1) is 17.8 Å². The molecule has 0 heterocycles. The van der Waals surface area contributed by atoms with Gasteiger partial charge in [-0.05, 0) is 17.8 Å². The maximum atomic E-state index is 2.37. The van der Waals surface area contributed by atoms with E-state index >= 15 is 0 Å². The summed E-state index contributed by atoms with van der Waals surface area (Å²) >= 11 is 0. The minimum absolute atomic E-state index is 1.02.